The average Bonchev–Trinajstić information content (AvgIpc) is 2.54. The maximum absolute atomic E-state index is 12.9. The summed E-state index contributed by atoms with van der Waals surface area (Å²) in [4.78, 5) is 11.2. The normalized spacial score (nSPS) is 13.7. The monoisotopic (exact) mass is 430 g/mol. The Morgan fingerprint density at radius 3 is 2.58 bits per heavy atom. The number of ether oxygens (including phenoxy) is 1. The maximum atomic E-state index is 12.9. The van der Waals surface area contributed by atoms with Crippen molar-refractivity contribution in [2.24, 2.45) is 0 Å². The fraction of sp³-hybridized carbons (Fsp3) is 0.133. The van der Waals surface area contributed by atoms with E-state index in [1.807, 2.05) is 0 Å². The van der Waals surface area contributed by atoms with Crippen molar-refractivity contribution in [3.8, 4) is 5.75 Å². The second-order valence-corrected chi connectivity index (χ2v) is 8.33. The fourth-order valence-electron chi connectivity index (χ4n) is 2.22. The quantitative estimate of drug-likeness (QED) is 0.809. The van der Waals surface area contributed by atoms with Gasteiger partial charge in [0, 0.05) is 17.6 Å². The molecule has 0 unspecified atom stereocenters. The minimum Gasteiger partial charge on any atom is -0.482 e. The van der Waals surface area contributed by atoms with E-state index < -0.39 is 10.0 Å². The third kappa shape index (κ3) is 3.09. The van der Waals surface area contributed by atoms with Crippen molar-refractivity contribution < 1.29 is 17.9 Å². The van der Waals surface area contributed by atoms with Crippen molar-refractivity contribution in [3.63, 3.8) is 0 Å². The first-order valence-electron chi connectivity index (χ1n) is 6.80. The second kappa shape index (κ2) is 6.27. The summed E-state index contributed by atoms with van der Waals surface area (Å²) in [5, 5.41) is 2.59. The molecule has 24 heavy (non-hydrogen) atoms. The van der Waals surface area contributed by atoms with Crippen LogP contribution in [0.4, 0.5) is 11.4 Å². The largest absolute Gasteiger partial charge is 0.482 e. The molecule has 0 aliphatic carbocycles. The van der Waals surface area contributed by atoms with Gasteiger partial charge in [0.15, 0.2) is 6.61 Å². The van der Waals surface area contributed by atoms with Gasteiger partial charge in [0.05, 0.1) is 16.4 Å². The first-order chi connectivity index (χ1) is 11.3. The smallest absolute Gasteiger partial charge is 0.265 e. The standard InChI is InChI=1S/C15H12BrClN2O4S/c1-19(10-4-2-9(16)3-5-10)24(21,22)14-7-13-12(6-11(14)17)18-15(20)8-23-13/h2-7H,8H2,1H3,(H,18,20). The SMILES string of the molecule is CN(c1ccc(Br)cc1)S(=O)(=O)c1cc2c(cc1Cl)NC(=O)CO2. The zero-order valence-electron chi connectivity index (χ0n) is 12.4. The lowest BCUT2D eigenvalue weighted by molar-refractivity contribution is -0.118. The number of nitrogens with one attached hydrogen (secondary N) is 1. The Labute approximate surface area is 152 Å². The summed E-state index contributed by atoms with van der Waals surface area (Å²) >= 11 is 9.44. The Bertz CT molecular complexity index is 916. The van der Waals surface area contributed by atoms with Gasteiger partial charge < -0.3 is 10.1 Å². The highest BCUT2D eigenvalue weighted by Crippen LogP contribution is 2.37. The summed E-state index contributed by atoms with van der Waals surface area (Å²) in [5.41, 5.74) is 0.836. The van der Waals surface area contributed by atoms with Crippen LogP contribution in [0.25, 0.3) is 0 Å². The Hall–Kier alpha value is -1.77. The van der Waals surface area contributed by atoms with Crippen molar-refractivity contribution in [3.05, 3.63) is 45.9 Å². The first kappa shape index (κ1) is 17.1. The van der Waals surface area contributed by atoms with Crippen LogP contribution in [0.2, 0.25) is 5.02 Å². The molecule has 0 atom stereocenters. The third-order valence-electron chi connectivity index (χ3n) is 3.50. The zero-order chi connectivity index (χ0) is 17.5. The van der Waals surface area contributed by atoms with E-state index in [0.717, 1.165) is 8.78 Å². The molecule has 0 radical (unpaired) electrons. The van der Waals surface area contributed by atoms with E-state index in [1.165, 1.54) is 19.2 Å². The van der Waals surface area contributed by atoms with Crippen molar-refractivity contribution in [1.82, 2.24) is 0 Å². The predicted octanol–water partition coefficient (Wildman–Crippen LogP) is 3.26. The number of fused-ring (bicyclic) bond motifs is 1. The molecular formula is C15H12BrClN2O4S. The van der Waals surface area contributed by atoms with E-state index in [4.69, 9.17) is 16.3 Å². The van der Waals surface area contributed by atoms with E-state index in [-0.39, 0.29) is 28.2 Å². The number of halogens is 2. The number of anilines is 2. The Balaban J connectivity index is 2.03. The molecule has 2 aromatic carbocycles. The van der Waals surface area contributed by atoms with E-state index >= 15 is 0 Å². The van der Waals surface area contributed by atoms with E-state index in [1.54, 1.807) is 24.3 Å². The molecule has 0 saturated heterocycles. The van der Waals surface area contributed by atoms with Crippen LogP contribution in [0.3, 0.4) is 0 Å². The molecular weight excluding hydrogens is 420 g/mol. The number of sulfonamides is 1. The second-order valence-electron chi connectivity index (χ2n) is 5.06. The van der Waals surface area contributed by atoms with Gasteiger partial charge >= 0.3 is 0 Å². The molecule has 0 aromatic heterocycles. The highest BCUT2D eigenvalue weighted by molar-refractivity contribution is 9.10. The van der Waals surface area contributed by atoms with Gasteiger partial charge in [-0.15, -0.1) is 0 Å². The average molecular weight is 432 g/mol. The summed E-state index contributed by atoms with van der Waals surface area (Å²) in [6.07, 6.45) is 0. The number of rotatable bonds is 3. The topological polar surface area (TPSA) is 75.7 Å². The Kier molecular flexibility index (Phi) is 4.46. The van der Waals surface area contributed by atoms with Crippen LogP contribution in [-0.4, -0.2) is 28.0 Å². The summed E-state index contributed by atoms with van der Waals surface area (Å²) < 4.78 is 33.0. The number of nitrogens with zero attached hydrogens (tertiary/aromatic N) is 1. The molecule has 1 amide bonds. The summed E-state index contributed by atoms with van der Waals surface area (Å²) in [6.45, 7) is -0.170. The van der Waals surface area contributed by atoms with Crippen LogP contribution in [0, 0.1) is 0 Å². The fourth-order valence-corrected chi connectivity index (χ4v) is 4.19. The molecule has 1 aliphatic rings. The number of amides is 1. The molecule has 1 N–H and O–H groups in total. The highest BCUT2D eigenvalue weighted by atomic mass is 79.9. The summed E-state index contributed by atoms with van der Waals surface area (Å²) in [6, 6.07) is 9.52. The molecule has 126 valence electrons. The van der Waals surface area contributed by atoms with Crippen LogP contribution in [0.5, 0.6) is 5.75 Å². The predicted molar refractivity (Wildman–Crippen MR) is 95.3 cm³/mol. The van der Waals surface area contributed by atoms with Crippen LogP contribution < -0.4 is 14.4 Å². The summed E-state index contributed by atoms with van der Waals surface area (Å²) in [5.74, 6) is -0.0528. The Morgan fingerprint density at radius 1 is 1.25 bits per heavy atom. The highest BCUT2D eigenvalue weighted by Gasteiger charge is 2.28. The molecule has 3 rings (SSSR count). The van der Waals surface area contributed by atoms with Gasteiger partial charge in [-0.05, 0) is 30.3 Å². The first-order valence-corrected chi connectivity index (χ1v) is 9.41. The number of carbonyl (C=O) groups is 1. The molecule has 6 nitrogen and oxygen atoms in total. The lowest BCUT2D eigenvalue weighted by Crippen LogP contribution is -2.28. The third-order valence-corrected chi connectivity index (χ3v) is 6.27. The van der Waals surface area contributed by atoms with Gasteiger partial charge in [-0.3, -0.25) is 9.10 Å². The molecule has 2 aromatic rings. The van der Waals surface area contributed by atoms with Gasteiger partial charge in [-0.1, -0.05) is 27.5 Å². The van der Waals surface area contributed by atoms with E-state index in [9.17, 15) is 13.2 Å². The Morgan fingerprint density at radius 2 is 1.92 bits per heavy atom. The number of carbonyl (C=O) groups excluding carboxylic acids is 1. The zero-order valence-corrected chi connectivity index (χ0v) is 15.6. The number of hydrogen-bond acceptors (Lipinski definition) is 4. The van der Waals surface area contributed by atoms with Crippen LogP contribution in [0.1, 0.15) is 0 Å². The lowest BCUT2D eigenvalue weighted by Gasteiger charge is -2.23. The van der Waals surface area contributed by atoms with Crippen molar-refractivity contribution >= 4 is 54.8 Å². The lowest BCUT2D eigenvalue weighted by atomic mass is 10.2. The molecule has 1 aliphatic heterocycles. The molecule has 1 heterocycles. The molecule has 0 bridgehead atoms. The summed E-state index contributed by atoms with van der Waals surface area (Å²) in [7, 11) is -2.45. The van der Waals surface area contributed by atoms with Crippen LogP contribution in [0.15, 0.2) is 45.8 Å². The van der Waals surface area contributed by atoms with Gasteiger partial charge in [0.1, 0.15) is 10.6 Å². The number of hydrogen-bond donors (Lipinski definition) is 1. The van der Waals surface area contributed by atoms with Gasteiger partial charge in [-0.25, -0.2) is 8.42 Å². The van der Waals surface area contributed by atoms with Gasteiger partial charge in [-0.2, -0.15) is 0 Å². The van der Waals surface area contributed by atoms with E-state index in [2.05, 4.69) is 21.2 Å². The van der Waals surface area contributed by atoms with Crippen molar-refractivity contribution in [2.75, 3.05) is 23.3 Å². The minimum atomic E-state index is -3.89. The van der Waals surface area contributed by atoms with Gasteiger partial charge in [0.25, 0.3) is 15.9 Å². The molecule has 0 fully saturated rings. The number of benzene rings is 2. The maximum Gasteiger partial charge on any atom is 0.265 e. The minimum absolute atomic E-state index is 0.00325. The van der Waals surface area contributed by atoms with Crippen molar-refractivity contribution in [2.45, 2.75) is 4.90 Å². The molecule has 0 saturated carbocycles. The molecule has 0 spiro atoms. The molecule has 9 heteroatoms. The van der Waals surface area contributed by atoms with E-state index in [0.29, 0.717) is 11.4 Å². The van der Waals surface area contributed by atoms with Crippen LogP contribution >= 0.6 is 27.5 Å². The van der Waals surface area contributed by atoms with Crippen molar-refractivity contribution in [1.29, 1.82) is 0 Å². The van der Waals surface area contributed by atoms with Gasteiger partial charge in [0.2, 0.25) is 0 Å². The van der Waals surface area contributed by atoms with Crippen LogP contribution in [-0.2, 0) is 14.8 Å².